The number of aryl methyl sites for hydroxylation is 1. The van der Waals surface area contributed by atoms with Gasteiger partial charge in [-0.25, -0.2) is 4.98 Å². The van der Waals surface area contributed by atoms with Crippen LogP contribution in [-0.4, -0.2) is 21.7 Å². The van der Waals surface area contributed by atoms with Gasteiger partial charge >= 0.3 is 0 Å². The van der Waals surface area contributed by atoms with E-state index in [4.69, 9.17) is 0 Å². The van der Waals surface area contributed by atoms with Crippen molar-refractivity contribution in [2.45, 2.75) is 52.0 Å². The van der Waals surface area contributed by atoms with Crippen molar-refractivity contribution in [3.63, 3.8) is 0 Å². The fourth-order valence-corrected chi connectivity index (χ4v) is 2.31. The highest BCUT2D eigenvalue weighted by molar-refractivity contribution is 4.95. The van der Waals surface area contributed by atoms with Gasteiger partial charge in [0.2, 0.25) is 0 Å². The molecule has 1 aliphatic carbocycles. The zero-order valence-electron chi connectivity index (χ0n) is 10.3. The van der Waals surface area contributed by atoms with Crippen molar-refractivity contribution >= 4 is 0 Å². The normalized spacial score (nSPS) is 19.1. The van der Waals surface area contributed by atoms with E-state index in [1.165, 1.54) is 25.7 Å². The number of nitrogens with zero attached hydrogens (tertiary/aromatic N) is 2. The smallest absolute Gasteiger partial charge is 0.167 e. The van der Waals surface area contributed by atoms with Crippen molar-refractivity contribution in [1.29, 1.82) is 0 Å². The van der Waals surface area contributed by atoms with Gasteiger partial charge in [-0.05, 0) is 32.2 Å². The summed E-state index contributed by atoms with van der Waals surface area (Å²) in [5.74, 6) is 2.74. The molecule has 1 unspecified atom stereocenters. The van der Waals surface area contributed by atoms with Gasteiger partial charge in [-0.1, -0.05) is 19.8 Å². The topological polar surface area (TPSA) is 53.6 Å². The number of aromatic nitrogens is 3. The van der Waals surface area contributed by atoms with Crippen LogP contribution in [0.2, 0.25) is 0 Å². The summed E-state index contributed by atoms with van der Waals surface area (Å²) in [6, 6.07) is 0.261. The van der Waals surface area contributed by atoms with Crippen LogP contribution >= 0.6 is 0 Å². The SMILES string of the molecule is CCc1nc(C(C)NCC2CCCC2)n[nH]1. The summed E-state index contributed by atoms with van der Waals surface area (Å²) < 4.78 is 0. The van der Waals surface area contributed by atoms with Crippen LogP contribution in [0.5, 0.6) is 0 Å². The summed E-state index contributed by atoms with van der Waals surface area (Å²) in [6.07, 6.45) is 6.49. The first kappa shape index (κ1) is 11.6. The summed E-state index contributed by atoms with van der Waals surface area (Å²) in [7, 11) is 0. The first-order valence-electron chi connectivity index (χ1n) is 6.44. The summed E-state index contributed by atoms with van der Waals surface area (Å²) in [5, 5.41) is 10.7. The summed E-state index contributed by atoms with van der Waals surface area (Å²) in [4.78, 5) is 4.44. The van der Waals surface area contributed by atoms with Crippen LogP contribution in [-0.2, 0) is 6.42 Å². The Hall–Kier alpha value is -0.900. The number of aromatic amines is 1. The minimum absolute atomic E-state index is 0.261. The standard InChI is InChI=1S/C12H22N4/c1-3-11-14-12(16-15-11)9(2)13-8-10-6-4-5-7-10/h9-10,13H,3-8H2,1-2H3,(H,14,15,16). The van der Waals surface area contributed by atoms with Gasteiger partial charge < -0.3 is 5.32 Å². The van der Waals surface area contributed by atoms with Gasteiger partial charge in [-0.2, -0.15) is 5.10 Å². The van der Waals surface area contributed by atoms with Crippen molar-refractivity contribution in [2.24, 2.45) is 5.92 Å². The molecule has 2 rings (SSSR count). The second-order valence-electron chi connectivity index (χ2n) is 4.77. The Labute approximate surface area is 97.2 Å². The molecule has 1 heterocycles. The Bertz CT molecular complexity index is 315. The highest BCUT2D eigenvalue weighted by atomic mass is 15.2. The summed E-state index contributed by atoms with van der Waals surface area (Å²) in [6.45, 7) is 5.33. The van der Waals surface area contributed by atoms with Crippen molar-refractivity contribution in [1.82, 2.24) is 20.5 Å². The van der Waals surface area contributed by atoms with E-state index in [9.17, 15) is 0 Å². The zero-order chi connectivity index (χ0) is 11.4. The fraction of sp³-hybridized carbons (Fsp3) is 0.833. The third kappa shape index (κ3) is 2.82. The Morgan fingerprint density at radius 1 is 1.44 bits per heavy atom. The molecule has 1 saturated carbocycles. The minimum Gasteiger partial charge on any atom is -0.307 e. The van der Waals surface area contributed by atoms with Crippen LogP contribution in [0, 0.1) is 5.92 Å². The van der Waals surface area contributed by atoms with Crippen LogP contribution in [0.3, 0.4) is 0 Å². The molecule has 1 aliphatic rings. The van der Waals surface area contributed by atoms with E-state index in [2.05, 4.69) is 34.3 Å². The van der Waals surface area contributed by atoms with Crippen molar-refractivity contribution in [3.8, 4) is 0 Å². The fourth-order valence-electron chi connectivity index (χ4n) is 2.31. The first-order valence-corrected chi connectivity index (χ1v) is 6.44. The lowest BCUT2D eigenvalue weighted by atomic mass is 10.1. The van der Waals surface area contributed by atoms with E-state index in [0.717, 1.165) is 30.5 Å². The average Bonchev–Trinajstić information content (AvgIpc) is 2.96. The minimum atomic E-state index is 0.261. The van der Waals surface area contributed by atoms with Crippen molar-refractivity contribution in [2.75, 3.05) is 6.54 Å². The molecule has 2 N–H and O–H groups in total. The van der Waals surface area contributed by atoms with Gasteiger partial charge in [-0.15, -0.1) is 0 Å². The predicted molar refractivity (Wildman–Crippen MR) is 64.1 cm³/mol. The molecule has 16 heavy (non-hydrogen) atoms. The lowest BCUT2D eigenvalue weighted by molar-refractivity contribution is 0.443. The third-order valence-corrected chi connectivity index (χ3v) is 3.46. The molecule has 0 saturated heterocycles. The Morgan fingerprint density at radius 3 is 2.81 bits per heavy atom. The zero-order valence-corrected chi connectivity index (χ0v) is 10.3. The molecule has 1 atom stereocenters. The van der Waals surface area contributed by atoms with Gasteiger partial charge in [0.1, 0.15) is 5.82 Å². The van der Waals surface area contributed by atoms with Crippen LogP contribution in [0.25, 0.3) is 0 Å². The molecule has 0 amide bonds. The van der Waals surface area contributed by atoms with Crippen LogP contribution in [0.1, 0.15) is 57.2 Å². The largest absolute Gasteiger partial charge is 0.307 e. The maximum Gasteiger partial charge on any atom is 0.167 e. The maximum atomic E-state index is 4.44. The van der Waals surface area contributed by atoms with Crippen molar-refractivity contribution in [3.05, 3.63) is 11.6 Å². The van der Waals surface area contributed by atoms with Gasteiger partial charge in [-0.3, -0.25) is 5.10 Å². The molecule has 90 valence electrons. The van der Waals surface area contributed by atoms with Crippen molar-refractivity contribution < 1.29 is 0 Å². The van der Waals surface area contributed by atoms with E-state index < -0.39 is 0 Å². The number of hydrogen-bond acceptors (Lipinski definition) is 3. The van der Waals surface area contributed by atoms with Gasteiger partial charge in [0.15, 0.2) is 5.82 Å². The Balaban J connectivity index is 1.80. The molecule has 4 heteroatoms. The Morgan fingerprint density at radius 2 is 2.19 bits per heavy atom. The maximum absolute atomic E-state index is 4.44. The average molecular weight is 222 g/mol. The van der Waals surface area contributed by atoms with E-state index >= 15 is 0 Å². The monoisotopic (exact) mass is 222 g/mol. The summed E-state index contributed by atoms with van der Waals surface area (Å²) >= 11 is 0. The number of hydrogen-bond donors (Lipinski definition) is 2. The number of H-pyrrole nitrogens is 1. The van der Waals surface area contributed by atoms with E-state index in [0.29, 0.717) is 0 Å². The highest BCUT2D eigenvalue weighted by Gasteiger charge is 2.17. The molecule has 0 aliphatic heterocycles. The van der Waals surface area contributed by atoms with Gasteiger partial charge in [0, 0.05) is 6.42 Å². The molecular weight excluding hydrogens is 200 g/mol. The molecule has 1 aromatic rings. The number of nitrogens with one attached hydrogen (secondary N) is 2. The molecule has 0 radical (unpaired) electrons. The third-order valence-electron chi connectivity index (χ3n) is 3.46. The molecule has 0 bridgehead atoms. The number of rotatable bonds is 5. The quantitative estimate of drug-likeness (QED) is 0.803. The van der Waals surface area contributed by atoms with E-state index in [1.54, 1.807) is 0 Å². The molecule has 0 spiro atoms. The first-order chi connectivity index (χ1) is 7.79. The molecule has 1 aromatic heterocycles. The van der Waals surface area contributed by atoms with Gasteiger partial charge in [0.25, 0.3) is 0 Å². The second-order valence-corrected chi connectivity index (χ2v) is 4.77. The second kappa shape index (κ2) is 5.43. The van der Waals surface area contributed by atoms with Gasteiger partial charge in [0.05, 0.1) is 6.04 Å². The lowest BCUT2D eigenvalue weighted by Gasteiger charge is -2.14. The van der Waals surface area contributed by atoms with Crippen LogP contribution in [0.4, 0.5) is 0 Å². The lowest BCUT2D eigenvalue weighted by Crippen LogP contribution is -2.25. The predicted octanol–water partition coefficient (Wildman–Crippen LogP) is 2.21. The highest BCUT2D eigenvalue weighted by Crippen LogP contribution is 2.24. The molecule has 0 aromatic carbocycles. The molecular formula is C12H22N4. The van der Waals surface area contributed by atoms with Crippen LogP contribution < -0.4 is 5.32 Å². The Kier molecular flexibility index (Phi) is 3.93. The molecule has 4 nitrogen and oxygen atoms in total. The van der Waals surface area contributed by atoms with Crippen LogP contribution in [0.15, 0.2) is 0 Å². The molecule has 1 fully saturated rings. The van der Waals surface area contributed by atoms with E-state index in [1.807, 2.05) is 0 Å². The van der Waals surface area contributed by atoms with E-state index in [-0.39, 0.29) is 6.04 Å². The summed E-state index contributed by atoms with van der Waals surface area (Å²) in [5.41, 5.74) is 0.